The van der Waals surface area contributed by atoms with Gasteiger partial charge in [0.25, 0.3) is 0 Å². The van der Waals surface area contributed by atoms with E-state index in [9.17, 15) is 0 Å². The van der Waals surface area contributed by atoms with Crippen LogP contribution in [0.2, 0.25) is 5.02 Å². The van der Waals surface area contributed by atoms with Gasteiger partial charge in [0.05, 0.1) is 10.7 Å². The maximum Gasteiger partial charge on any atom is 0.0638 e. The summed E-state index contributed by atoms with van der Waals surface area (Å²) in [6.07, 6.45) is 2.69. The lowest BCUT2D eigenvalue weighted by molar-refractivity contribution is 0.269. The van der Waals surface area contributed by atoms with Crippen LogP contribution in [-0.4, -0.2) is 17.5 Å². The summed E-state index contributed by atoms with van der Waals surface area (Å²) in [6, 6.07) is 6.72. The standard InChI is InChI=1S/C12H17ClN2/c1-2-15(10-4-5-10)8-9-3-6-12(14)11(13)7-9/h3,6-7,10H,2,4-5,8,14H2,1H3. The number of benzene rings is 1. The molecule has 2 nitrogen and oxygen atoms in total. The summed E-state index contributed by atoms with van der Waals surface area (Å²) in [5.74, 6) is 0. The first-order chi connectivity index (χ1) is 7.20. The quantitative estimate of drug-likeness (QED) is 0.797. The van der Waals surface area contributed by atoms with Crippen molar-refractivity contribution in [3.8, 4) is 0 Å². The van der Waals surface area contributed by atoms with E-state index in [-0.39, 0.29) is 0 Å². The van der Waals surface area contributed by atoms with E-state index in [1.165, 1.54) is 18.4 Å². The Hall–Kier alpha value is -0.730. The Bertz CT molecular complexity index is 347. The van der Waals surface area contributed by atoms with Gasteiger partial charge in [0.15, 0.2) is 0 Å². The minimum absolute atomic E-state index is 0.662. The fourth-order valence-corrected chi connectivity index (χ4v) is 2.05. The number of hydrogen-bond donors (Lipinski definition) is 1. The second-order valence-corrected chi connectivity index (χ2v) is 4.56. The molecule has 0 heterocycles. The highest BCUT2D eigenvalue weighted by Gasteiger charge is 2.27. The molecule has 82 valence electrons. The first kappa shape index (κ1) is 10.8. The summed E-state index contributed by atoms with van der Waals surface area (Å²) in [4.78, 5) is 2.49. The van der Waals surface area contributed by atoms with E-state index in [1.807, 2.05) is 12.1 Å². The molecule has 2 N–H and O–H groups in total. The number of halogens is 1. The first-order valence-electron chi connectivity index (χ1n) is 5.48. The molecule has 1 saturated carbocycles. The predicted octanol–water partition coefficient (Wildman–Crippen LogP) is 2.91. The van der Waals surface area contributed by atoms with Gasteiger partial charge in [0, 0.05) is 12.6 Å². The van der Waals surface area contributed by atoms with Crippen molar-refractivity contribution in [2.45, 2.75) is 32.4 Å². The Labute approximate surface area is 96.0 Å². The Morgan fingerprint density at radius 1 is 1.47 bits per heavy atom. The second kappa shape index (κ2) is 4.42. The maximum atomic E-state index is 5.99. The van der Waals surface area contributed by atoms with Crippen molar-refractivity contribution >= 4 is 17.3 Å². The van der Waals surface area contributed by atoms with Crippen molar-refractivity contribution < 1.29 is 0 Å². The molecule has 0 radical (unpaired) electrons. The summed E-state index contributed by atoms with van der Waals surface area (Å²) in [6.45, 7) is 4.30. The van der Waals surface area contributed by atoms with Gasteiger partial charge in [0.2, 0.25) is 0 Å². The largest absolute Gasteiger partial charge is 0.398 e. The Kier molecular flexibility index (Phi) is 3.17. The van der Waals surface area contributed by atoms with E-state index in [2.05, 4.69) is 17.9 Å². The molecule has 0 aliphatic heterocycles. The molecule has 0 amide bonds. The van der Waals surface area contributed by atoms with Crippen LogP contribution >= 0.6 is 11.6 Å². The van der Waals surface area contributed by atoms with E-state index in [4.69, 9.17) is 17.3 Å². The third kappa shape index (κ3) is 2.64. The van der Waals surface area contributed by atoms with Gasteiger partial charge in [-0.3, -0.25) is 4.90 Å². The molecule has 3 heteroatoms. The van der Waals surface area contributed by atoms with E-state index < -0.39 is 0 Å². The lowest BCUT2D eigenvalue weighted by atomic mass is 10.2. The first-order valence-corrected chi connectivity index (χ1v) is 5.86. The third-order valence-electron chi connectivity index (χ3n) is 2.92. The van der Waals surface area contributed by atoms with Crippen LogP contribution in [0.15, 0.2) is 18.2 Å². The minimum atomic E-state index is 0.662. The van der Waals surface area contributed by atoms with Crippen molar-refractivity contribution in [1.82, 2.24) is 4.90 Å². The number of hydrogen-bond acceptors (Lipinski definition) is 2. The number of nitrogens with two attached hydrogens (primary N) is 1. The topological polar surface area (TPSA) is 29.3 Å². The van der Waals surface area contributed by atoms with Crippen molar-refractivity contribution in [3.05, 3.63) is 28.8 Å². The monoisotopic (exact) mass is 224 g/mol. The zero-order valence-corrected chi connectivity index (χ0v) is 9.80. The molecular formula is C12H17ClN2. The zero-order chi connectivity index (χ0) is 10.8. The smallest absolute Gasteiger partial charge is 0.0638 e. The van der Waals surface area contributed by atoms with Gasteiger partial charge >= 0.3 is 0 Å². The number of anilines is 1. The molecule has 0 unspecified atom stereocenters. The van der Waals surface area contributed by atoms with Crippen molar-refractivity contribution in [3.63, 3.8) is 0 Å². The van der Waals surface area contributed by atoms with Crippen LogP contribution in [0.1, 0.15) is 25.3 Å². The van der Waals surface area contributed by atoms with Crippen LogP contribution in [0.5, 0.6) is 0 Å². The average molecular weight is 225 g/mol. The summed E-state index contributed by atoms with van der Waals surface area (Å²) < 4.78 is 0. The lowest BCUT2D eigenvalue weighted by Crippen LogP contribution is -2.24. The van der Waals surface area contributed by atoms with Crippen LogP contribution in [0.4, 0.5) is 5.69 Å². The molecule has 0 atom stereocenters. The Morgan fingerprint density at radius 2 is 2.20 bits per heavy atom. The van der Waals surface area contributed by atoms with Crippen LogP contribution < -0.4 is 5.73 Å². The number of nitrogens with zero attached hydrogens (tertiary/aromatic N) is 1. The van der Waals surface area contributed by atoms with Gasteiger partial charge < -0.3 is 5.73 Å². The molecule has 1 aliphatic rings. The van der Waals surface area contributed by atoms with E-state index in [1.54, 1.807) is 0 Å². The fraction of sp³-hybridized carbons (Fsp3) is 0.500. The molecule has 2 rings (SSSR count). The second-order valence-electron chi connectivity index (χ2n) is 4.15. The molecule has 1 fully saturated rings. The number of nitrogen functional groups attached to an aromatic ring is 1. The highest BCUT2D eigenvalue weighted by atomic mass is 35.5. The van der Waals surface area contributed by atoms with Crippen molar-refractivity contribution in [2.24, 2.45) is 0 Å². The summed E-state index contributed by atoms with van der Waals surface area (Å²) in [7, 11) is 0. The average Bonchev–Trinajstić information content (AvgIpc) is 3.03. The molecule has 1 aliphatic carbocycles. The molecule has 15 heavy (non-hydrogen) atoms. The highest BCUT2D eigenvalue weighted by molar-refractivity contribution is 6.33. The minimum Gasteiger partial charge on any atom is -0.398 e. The Morgan fingerprint density at radius 3 is 2.73 bits per heavy atom. The van der Waals surface area contributed by atoms with Gasteiger partial charge in [-0.15, -0.1) is 0 Å². The van der Waals surface area contributed by atoms with Crippen LogP contribution in [-0.2, 0) is 6.54 Å². The normalized spacial score (nSPS) is 15.9. The molecule has 1 aromatic carbocycles. The maximum absolute atomic E-state index is 5.99. The molecule has 0 bridgehead atoms. The fourth-order valence-electron chi connectivity index (χ4n) is 1.84. The van der Waals surface area contributed by atoms with Crippen molar-refractivity contribution in [2.75, 3.05) is 12.3 Å². The van der Waals surface area contributed by atoms with Gasteiger partial charge in [0.1, 0.15) is 0 Å². The van der Waals surface area contributed by atoms with Gasteiger partial charge in [-0.2, -0.15) is 0 Å². The Balaban J connectivity index is 2.05. The summed E-state index contributed by atoms with van der Waals surface area (Å²) in [5, 5.41) is 0.666. The van der Waals surface area contributed by atoms with Gasteiger partial charge in [-0.1, -0.05) is 24.6 Å². The molecular weight excluding hydrogens is 208 g/mol. The van der Waals surface area contributed by atoms with Gasteiger partial charge in [-0.05, 0) is 37.1 Å². The summed E-state index contributed by atoms with van der Waals surface area (Å²) in [5.41, 5.74) is 7.59. The van der Waals surface area contributed by atoms with E-state index in [0.717, 1.165) is 19.1 Å². The molecule has 0 aromatic heterocycles. The predicted molar refractivity (Wildman–Crippen MR) is 65.0 cm³/mol. The molecule has 0 spiro atoms. The SMILES string of the molecule is CCN(Cc1ccc(N)c(Cl)c1)C1CC1. The zero-order valence-electron chi connectivity index (χ0n) is 9.04. The van der Waals surface area contributed by atoms with Crippen LogP contribution in [0.3, 0.4) is 0 Å². The van der Waals surface area contributed by atoms with Crippen LogP contribution in [0, 0.1) is 0 Å². The van der Waals surface area contributed by atoms with E-state index in [0.29, 0.717) is 10.7 Å². The molecule has 0 saturated heterocycles. The van der Waals surface area contributed by atoms with Gasteiger partial charge in [-0.25, -0.2) is 0 Å². The lowest BCUT2D eigenvalue weighted by Gasteiger charge is -2.19. The number of rotatable bonds is 4. The molecule has 1 aromatic rings. The van der Waals surface area contributed by atoms with E-state index >= 15 is 0 Å². The van der Waals surface area contributed by atoms with Crippen LogP contribution in [0.25, 0.3) is 0 Å². The highest BCUT2D eigenvalue weighted by Crippen LogP contribution is 2.29. The summed E-state index contributed by atoms with van der Waals surface area (Å²) >= 11 is 5.99. The van der Waals surface area contributed by atoms with Crippen molar-refractivity contribution in [1.29, 1.82) is 0 Å². The third-order valence-corrected chi connectivity index (χ3v) is 3.25.